The summed E-state index contributed by atoms with van der Waals surface area (Å²) in [5.41, 5.74) is -1.61. The van der Waals surface area contributed by atoms with Gasteiger partial charge < -0.3 is 14.7 Å². The SMILES string of the molecule is CC(C)(C)OC(=O)[C@H](C(=O)ON)c1ccc(O)c([N+](=O)[O-])c1. The maximum absolute atomic E-state index is 12.1. The lowest BCUT2D eigenvalue weighted by Gasteiger charge is -2.22. The molecule has 1 aromatic rings. The lowest BCUT2D eigenvalue weighted by Crippen LogP contribution is -2.33. The maximum Gasteiger partial charge on any atom is 0.343 e. The van der Waals surface area contributed by atoms with E-state index in [1.165, 1.54) is 6.07 Å². The Balaban J connectivity index is 3.29. The molecule has 0 saturated carbocycles. The van der Waals surface area contributed by atoms with Gasteiger partial charge >= 0.3 is 17.6 Å². The number of nitrogens with two attached hydrogens (primary N) is 1. The molecule has 0 aliphatic rings. The number of aromatic hydroxyl groups is 1. The van der Waals surface area contributed by atoms with Gasteiger partial charge in [0.1, 0.15) is 5.60 Å². The molecular formula is C13H16N2O7. The summed E-state index contributed by atoms with van der Waals surface area (Å²) >= 11 is 0. The third kappa shape index (κ3) is 4.16. The van der Waals surface area contributed by atoms with Crippen LogP contribution in [-0.4, -0.2) is 27.6 Å². The standard InChI is InChI=1S/C13H16N2O7/c1-13(2,3)21-11(17)10(12(18)22-14)7-4-5-9(16)8(6-7)15(19)20/h4-6,10,16H,14H2,1-3H3/t10-/m1/s1. The summed E-state index contributed by atoms with van der Waals surface area (Å²) in [6.45, 7) is 4.78. The number of carbonyl (C=O) groups excluding carboxylic acids is 2. The molecule has 120 valence electrons. The van der Waals surface area contributed by atoms with Crippen molar-refractivity contribution in [2.24, 2.45) is 5.90 Å². The number of nitrogens with zero attached hydrogens (tertiary/aromatic N) is 1. The van der Waals surface area contributed by atoms with Gasteiger partial charge in [-0.2, -0.15) is 5.90 Å². The summed E-state index contributed by atoms with van der Waals surface area (Å²) in [5.74, 6) is 0.506. The lowest BCUT2D eigenvalue weighted by molar-refractivity contribution is -0.385. The first-order chi connectivity index (χ1) is 10.1. The van der Waals surface area contributed by atoms with Crippen molar-refractivity contribution >= 4 is 17.6 Å². The average Bonchev–Trinajstić information content (AvgIpc) is 2.38. The Morgan fingerprint density at radius 1 is 1.32 bits per heavy atom. The van der Waals surface area contributed by atoms with Gasteiger partial charge in [-0.15, -0.1) is 0 Å². The van der Waals surface area contributed by atoms with Gasteiger partial charge in [0, 0.05) is 6.07 Å². The summed E-state index contributed by atoms with van der Waals surface area (Å²) in [5, 5.41) is 20.2. The van der Waals surface area contributed by atoms with Crippen LogP contribution in [0, 0.1) is 10.1 Å². The molecule has 0 spiro atoms. The van der Waals surface area contributed by atoms with Gasteiger partial charge in [-0.25, -0.2) is 4.79 Å². The summed E-state index contributed by atoms with van der Waals surface area (Å²) in [6, 6.07) is 3.06. The first-order valence-corrected chi connectivity index (χ1v) is 6.17. The molecule has 0 heterocycles. The minimum Gasteiger partial charge on any atom is -0.502 e. The number of rotatable bonds is 4. The molecule has 0 amide bonds. The molecule has 9 nitrogen and oxygen atoms in total. The molecule has 0 unspecified atom stereocenters. The molecule has 0 radical (unpaired) electrons. The zero-order valence-corrected chi connectivity index (χ0v) is 12.2. The predicted molar refractivity (Wildman–Crippen MR) is 73.6 cm³/mol. The Morgan fingerprint density at radius 2 is 1.91 bits per heavy atom. The smallest absolute Gasteiger partial charge is 0.343 e. The van der Waals surface area contributed by atoms with Gasteiger partial charge in [0.25, 0.3) is 0 Å². The van der Waals surface area contributed by atoms with Crippen LogP contribution < -0.4 is 5.90 Å². The number of nitro groups is 1. The topological polar surface area (TPSA) is 142 Å². The normalized spacial score (nSPS) is 12.4. The number of benzene rings is 1. The van der Waals surface area contributed by atoms with Crippen molar-refractivity contribution < 1.29 is 29.2 Å². The maximum atomic E-state index is 12.1. The van der Waals surface area contributed by atoms with Crippen molar-refractivity contribution in [3.05, 3.63) is 33.9 Å². The predicted octanol–water partition coefficient (Wildman–Crippen LogP) is 1.14. The second-order valence-corrected chi connectivity index (χ2v) is 5.41. The number of esters is 1. The van der Waals surface area contributed by atoms with E-state index in [4.69, 9.17) is 10.6 Å². The Bertz CT molecular complexity index is 607. The minimum absolute atomic E-state index is 0.0748. The first-order valence-electron chi connectivity index (χ1n) is 6.17. The number of hydrogen-bond acceptors (Lipinski definition) is 8. The van der Waals surface area contributed by atoms with Crippen LogP contribution >= 0.6 is 0 Å². The molecule has 0 saturated heterocycles. The number of hydrogen-bond donors (Lipinski definition) is 2. The molecule has 3 N–H and O–H groups in total. The quantitative estimate of drug-likeness (QED) is 0.365. The summed E-state index contributed by atoms with van der Waals surface area (Å²) < 4.78 is 5.08. The molecule has 9 heteroatoms. The van der Waals surface area contributed by atoms with Crippen molar-refractivity contribution in [3.8, 4) is 5.75 Å². The molecule has 0 aliphatic heterocycles. The Morgan fingerprint density at radius 3 is 2.36 bits per heavy atom. The third-order valence-corrected chi connectivity index (χ3v) is 2.52. The van der Waals surface area contributed by atoms with Crippen LogP contribution in [0.5, 0.6) is 5.75 Å². The fourth-order valence-corrected chi connectivity index (χ4v) is 1.66. The fraction of sp³-hybridized carbons (Fsp3) is 0.385. The highest BCUT2D eigenvalue weighted by molar-refractivity contribution is 6.01. The molecule has 1 aromatic carbocycles. The summed E-state index contributed by atoms with van der Waals surface area (Å²) in [4.78, 5) is 37.9. The van der Waals surface area contributed by atoms with Crippen molar-refractivity contribution in [2.75, 3.05) is 0 Å². The number of phenolic OH excluding ortho intramolecular Hbond substituents is 1. The number of nitro benzene ring substituents is 1. The first kappa shape index (κ1) is 17.4. The van der Waals surface area contributed by atoms with E-state index >= 15 is 0 Å². The van der Waals surface area contributed by atoms with E-state index in [1.807, 2.05) is 0 Å². The van der Waals surface area contributed by atoms with Crippen LogP contribution in [0.25, 0.3) is 0 Å². The van der Waals surface area contributed by atoms with Gasteiger partial charge in [-0.05, 0) is 32.4 Å². The zero-order valence-electron chi connectivity index (χ0n) is 12.2. The zero-order chi connectivity index (χ0) is 17.1. The van der Waals surface area contributed by atoms with Gasteiger partial charge in [-0.1, -0.05) is 6.07 Å². The van der Waals surface area contributed by atoms with E-state index in [-0.39, 0.29) is 5.56 Å². The van der Waals surface area contributed by atoms with Crippen LogP contribution in [0.2, 0.25) is 0 Å². The Hall–Kier alpha value is -2.68. The largest absolute Gasteiger partial charge is 0.502 e. The number of carbonyl (C=O) groups is 2. The molecule has 0 aromatic heterocycles. The summed E-state index contributed by atoms with van der Waals surface area (Å²) in [7, 11) is 0. The van der Waals surface area contributed by atoms with E-state index in [9.17, 15) is 24.8 Å². The number of phenols is 1. The molecule has 0 bridgehead atoms. The van der Waals surface area contributed by atoms with Crippen LogP contribution in [0.1, 0.15) is 32.3 Å². The highest BCUT2D eigenvalue weighted by Gasteiger charge is 2.35. The van der Waals surface area contributed by atoms with E-state index < -0.39 is 39.8 Å². The molecule has 0 fully saturated rings. The highest BCUT2D eigenvalue weighted by Crippen LogP contribution is 2.31. The fourth-order valence-electron chi connectivity index (χ4n) is 1.66. The molecule has 0 aliphatic carbocycles. The lowest BCUT2D eigenvalue weighted by atomic mass is 9.98. The van der Waals surface area contributed by atoms with E-state index in [0.29, 0.717) is 0 Å². The monoisotopic (exact) mass is 312 g/mol. The van der Waals surface area contributed by atoms with Crippen molar-refractivity contribution in [3.63, 3.8) is 0 Å². The van der Waals surface area contributed by atoms with Crippen LogP contribution in [0.4, 0.5) is 5.69 Å². The average molecular weight is 312 g/mol. The Labute approximate surface area is 125 Å². The molecule has 1 atom stereocenters. The third-order valence-electron chi connectivity index (χ3n) is 2.52. The van der Waals surface area contributed by atoms with Gasteiger partial charge in [0.2, 0.25) is 0 Å². The number of ether oxygens (including phenoxy) is 1. The molecular weight excluding hydrogens is 296 g/mol. The van der Waals surface area contributed by atoms with E-state index in [1.54, 1.807) is 20.8 Å². The van der Waals surface area contributed by atoms with Crippen molar-refractivity contribution in [1.29, 1.82) is 0 Å². The van der Waals surface area contributed by atoms with Crippen LogP contribution in [-0.2, 0) is 19.2 Å². The minimum atomic E-state index is -1.59. The van der Waals surface area contributed by atoms with E-state index in [0.717, 1.165) is 12.1 Å². The summed E-state index contributed by atoms with van der Waals surface area (Å²) in [6.07, 6.45) is 0. The van der Waals surface area contributed by atoms with Crippen LogP contribution in [0.3, 0.4) is 0 Å². The van der Waals surface area contributed by atoms with Crippen LogP contribution in [0.15, 0.2) is 18.2 Å². The van der Waals surface area contributed by atoms with E-state index in [2.05, 4.69) is 4.84 Å². The van der Waals surface area contributed by atoms with Gasteiger partial charge in [-0.3, -0.25) is 14.9 Å². The second kappa shape index (κ2) is 6.39. The van der Waals surface area contributed by atoms with Gasteiger partial charge in [0.05, 0.1) is 4.92 Å². The Kier molecular flexibility index (Phi) is 5.05. The van der Waals surface area contributed by atoms with Crippen molar-refractivity contribution in [2.45, 2.75) is 32.3 Å². The molecule has 1 rings (SSSR count). The molecule has 22 heavy (non-hydrogen) atoms. The highest BCUT2D eigenvalue weighted by atomic mass is 16.7. The van der Waals surface area contributed by atoms with Crippen molar-refractivity contribution in [1.82, 2.24) is 0 Å². The van der Waals surface area contributed by atoms with Gasteiger partial charge in [0.15, 0.2) is 11.7 Å². The second-order valence-electron chi connectivity index (χ2n) is 5.41.